The number of aliphatic carboxylic acids is 3. The molecule has 0 unspecified atom stereocenters. The molecule has 7 N–H and O–H groups in total. The van der Waals surface area contributed by atoms with Crippen LogP contribution in [0.25, 0.3) is 0 Å². The zero-order valence-electron chi connectivity index (χ0n) is 33.3. The van der Waals surface area contributed by atoms with Crippen LogP contribution in [0.5, 0.6) is 0 Å². The lowest BCUT2D eigenvalue weighted by Crippen LogP contribution is -2.55. The molecule has 4 amide bonds. The molecular formula is C36H64BN8O11. The van der Waals surface area contributed by atoms with Crippen LogP contribution in [0.3, 0.4) is 0 Å². The fraction of sp³-hybridized carbons (Fsp3) is 0.806. The summed E-state index contributed by atoms with van der Waals surface area (Å²) < 4.78 is 0. The fourth-order valence-corrected chi connectivity index (χ4v) is 6.83. The molecule has 2 rings (SSSR count). The lowest BCUT2D eigenvalue weighted by atomic mass is 9.86. The Bertz CT molecular complexity index is 1260. The molecule has 317 valence electrons. The minimum atomic E-state index is -1.03. The molecule has 0 aromatic heterocycles. The van der Waals surface area contributed by atoms with Crippen molar-refractivity contribution in [3.8, 4) is 0 Å². The molecule has 56 heavy (non-hydrogen) atoms. The third kappa shape index (κ3) is 19.3. The lowest BCUT2D eigenvalue weighted by Gasteiger charge is -2.32. The number of amides is 4. The van der Waals surface area contributed by atoms with Gasteiger partial charge in [0.2, 0.25) is 23.6 Å². The molecule has 0 saturated carbocycles. The van der Waals surface area contributed by atoms with Gasteiger partial charge in [-0.3, -0.25) is 53.2 Å². The van der Waals surface area contributed by atoms with Gasteiger partial charge in [0.1, 0.15) is 12.1 Å². The van der Waals surface area contributed by atoms with Crippen molar-refractivity contribution in [2.24, 2.45) is 5.92 Å². The van der Waals surface area contributed by atoms with Crippen LogP contribution in [0.2, 0.25) is 0 Å². The van der Waals surface area contributed by atoms with Crippen molar-refractivity contribution in [2.75, 3.05) is 91.6 Å². The van der Waals surface area contributed by atoms with Crippen molar-refractivity contribution in [1.82, 2.24) is 40.4 Å². The smallest absolute Gasteiger partial charge is 0.317 e. The Kier molecular flexibility index (Phi) is 22.6. The molecule has 2 saturated heterocycles. The molecule has 0 aromatic rings. The predicted molar refractivity (Wildman–Crippen MR) is 206 cm³/mol. The minimum Gasteiger partial charge on any atom is -0.480 e. The average Bonchev–Trinajstić information content (AvgIpc) is 3.60. The Morgan fingerprint density at radius 3 is 1.55 bits per heavy atom. The van der Waals surface area contributed by atoms with Crippen LogP contribution in [-0.4, -0.2) is 204 Å². The van der Waals surface area contributed by atoms with Gasteiger partial charge in [0, 0.05) is 77.8 Å². The van der Waals surface area contributed by atoms with Gasteiger partial charge < -0.3 is 41.2 Å². The van der Waals surface area contributed by atoms with E-state index in [1.807, 2.05) is 18.7 Å². The van der Waals surface area contributed by atoms with E-state index in [1.165, 1.54) is 0 Å². The number of carbonyl (C=O) groups excluding carboxylic acids is 4. The van der Waals surface area contributed by atoms with E-state index in [1.54, 1.807) is 26.5 Å². The summed E-state index contributed by atoms with van der Waals surface area (Å²) in [5.74, 6) is -4.80. The zero-order chi connectivity index (χ0) is 41.6. The number of carboxylic acids is 3. The van der Waals surface area contributed by atoms with Gasteiger partial charge in [0.25, 0.3) is 0 Å². The van der Waals surface area contributed by atoms with Gasteiger partial charge in [0.05, 0.1) is 26.2 Å². The second kappa shape index (κ2) is 26.1. The Morgan fingerprint density at radius 2 is 1.09 bits per heavy atom. The number of carboxylic acid groups (broad SMARTS) is 3. The van der Waals surface area contributed by atoms with E-state index in [-0.39, 0.29) is 62.2 Å². The van der Waals surface area contributed by atoms with Crippen LogP contribution in [0.1, 0.15) is 72.1 Å². The van der Waals surface area contributed by atoms with Crippen molar-refractivity contribution >= 4 is 49.0 Å². The lowest BCUT2D eigenvalue weighted by molar-refractivity contribution is -0.140. The standard InChI is InChI=1S/C36H64BN8O11/c1-26(2)34(35(54)39-27(3)36(55)45-13-9-10-28(45)37-56)40-29(46)11-7-5-4-6-8-12-38-30(47)22-41-14-16-42(23-31(48)49)18-20-44(25-33(52)53)21-19-43(17-15-41)24-32(50)51/h26-28,34,56H,4-25H2,1-3H3,(H,38,47)(H,39,54)(H,40,46)(H,48,49)(H,50,51)(H,52,53)/t27-,28+,34+/m1/s1. The summed E-state index contributed by atoms with van der Waals surface area (Å²) in [5.41, 5.74) is 0. The van der Waals surface area contributed by atoms with E-state index in [4.69, 9.17) is 0 Å². The number of hydrogen-bond donors (Lipinski definition) is 7. The van der Waals surface area contributed by atoms with Gasteiger partial charge in [-0.2, -0.15) is 0 Å². The van der Waals surface area contributed by atoms with Crippen LogP contribution in [-0.2, 0) is 33.6 Å². The molecule has 2 fully saturated rings. The molecule has 19 nitrogen and oxygen atoms in total. The normalized spacial score (nSPS) is 19.3. The third-order valence-corrected chi connectivity index (χ3v) is 10.0. The molecule has 2 aliphatic rings. The second-order valence-electron chi connectivity index (χ2n) is 15.1. The summed E-state index contributed by atoms with van der Waals surface area (Å²) in [7, 11) is 1.00. The number of unbranched alkanes of at least 4 members (excludes halogenated alkanes) is 4. The number of nitrogens with one attached hydrogen (secondary N) is 3. The first-order chi connectivity index (χ1) is 26.6. The number of likely N-dealkylation sites (tertiary alicyclic amines) is 1. The maximum Gasteiger partial charge on any atom is 0.317 e. The second-order valence-corrected chi connectivity index (χ2v) is 15.1. The Hall–Kier alpha value is -3.85. The topological polar surface area (TPSA) is 253 Å². The molecule has 2 heterocycles. The van der Waals surface area contributed by atoms with E-state index in [2.05, 4.69) is 16.0 Å². The molecule has 20 heteroatoms. The zero-order valence-corrected chi connectivity index (χ0v) is 33.3. The van der Waals surface area contributed by atoms with Crippen LogP contribution < -0.4 is 16.0 Å². The first-order valence-corrected chi connectivity index (χ1v) is 19.8. The predicted octanol–water partition coefficient (Wildman–Crippen LogP) is -1.88. The van der Waals surface area contributed by atoms with Gasteiger partial charge in [-0.1, -0.05) is 33.1 Å². The van der Waals surface area contributed by atoms with Crippen LogP contribution in [0.4, 0.5) is 0 Å². The van der Waals surface area contributed by atoms with Crippen molar-refractivity contribution in [3.05, 3.63) is 0 Å². The first kappa shape index (κ1) is 48.3. The third-order valence-electron chi connectivity index (χ3n) is 10.0. The van der Waals surface area contributed by atoms with Crippen LogP contribution >= 0.6 is 0 Å². The quantitative estimate of drug-likeness (QED) is 0.0468. The highest BCUT2D eigenvalue weighted by Crippen LogP contribution is 2.17. The number of nitrogens with zero attached hydrogens (tertiary/aromatic N) is 5. The summed E-state index contributed by atoms with van der Waals surface area (Å²) in [4.78, 5) is 94.3. The Labute approximate surface area is 330 Å². The van der Waals surface area contributed by atoms with E-state index in [0.717, 1.165) is 39.6 Å². The summed E-state index contributed by atoms with van der Waals surface area (Å²) >= 11 is 0. The maximum absolute atomic E-state index is 13.0. The van der Waals surface area contributed by atoms with E-state index in [0.29, 0.717) is 78.3 Å². The van der Waals surface area contributed by atoms with Crippen molar-refractivity contribution in [2.45, 2.75) is 90.2 Å². The van der Waals surface area contributed by atoms with Gasteiger partial charge >= 0.3 is 25.4 Å². The molecule has 2 aliphatic heterocycles. The number of rotatable bonds is 22. The first-order valence-electron chi connectivity index (χ1n) is 19.8. The average molecular weight is 796 g/mol. The largest absolute Gasteiger partial charge is 0.480 e. The summed E-state index contributed by atoms with van der Waals surface area (Å²) in [6.07, 6.45) is 5.49. The van der Waals surface area contributed by atoms with Gasteiger partial charge in [-0.15, -0.1) is 0 Å². The number of carbonyl (C=O) groups is 7. The summed E-state index contributed by atoms with van der Waals surface area (Å²) in [5, 5.41) is 46.0. The fourth-order valence-electron chi connectivity index (χ4n) is 6.83. The van der Waals surface area contributed by atoms with Crippen molar-refractivity contribution < 1.29 is 53.9 Å². The minimum absolute atomic E-state index is 0.0497. The molecule has 0 aromatic carbocycles. The summed E-state index contributed by atoms with van der Waals surface area (Å²) in [6.45, 7) is 8.08. The van der Waals surface area contributed by atoms with E-state index < -0.39 is 35.9 Å². The van der Waals surface area contributed by atoms with Crippen molar-refractivity contribution in [1.29, 1.82) is 0 Å². The van der Waals surface area contributed by atoms with E-state index >= 15 is 0 Å². The van der Waals surface area contributed by atoms with Crippen LogP contribution in [0, 0.1) is 5.92 Å². The Morgan fingerprint density at radius 1 is 0.625 bits per heavy atom. The van der Waals surface area contributed by atoms with E-state index in [9.17, 15) is 53.9 Å². The molecular weight excluding hydrogens is 731 g/mol. The number of hydrogen-bond acceptors (Lipinski definition) is 12. The molecule has 0 aliphatic carbocycles. The van der Waals surface area contributed by atoms with Crippen LogP contribution in [0.15, 0.2) is 0 Å². The highest BCUT2D eigenvalue weighted by atomic mass is 16.4. The maximum atomic E-state index is 13.0. The monoisotopic (exact) mass is 795 g/mol. The highest BCUT2D eigenvalue weighted by Gasteiger charge is 2.34. The van der Waals surface area contributed by atoms with Gasteiger partial charge in [-0.05, 0) is 38.5 Å². The molecule has 3 atom stereocenters. The molecule has 1 radical (unpaired) electrons. The highest BCUT2D eigenvalue weighted by molar-refractivity contribution is 6.28. The van der Waals surface area contributed by atoms with Gasteiger partial charge in [0.15, 0.2) is 0 Å². The SMILES string of the molecule is CC(C)[C@H](NC(=O)CCCCCCCNC(=O)CN1CCN(CC(=O)O)CCN(CC(=O)O)CCN(CC(=O)O)CC1)C(=O)N[C@H](C)C(=O)N1CCC[C@H]1[B]O. The molecule has 0 bridgehead atoms. The Balaban J connectivity index is 1.75. The van der Waals surface area contributed by atoms with Gasteiger partial charge in [-0.25, -0.2) is 0 Å². The molecule has 0 spiro atoms. The summed E-state index contributed by atoms with van der Waals surface area (Å²) in [6, 6.07) is -1.60. The van der Waals surface area contributed by atoms with Crippen molar-refractivity contribution in [3.63, 3.8) is 0 Å².